The number of thioether (sulfide) groups is 1. The lowest BCUT2D eigenvalue weighted by molar-refractivity contribution is 0.862. The monoisotopic (exact) mass is 711 g/mol. The van der Waals surface area contributed by atoms with Crippen molar-refractivity contribution in [3.63, 3.8) is 0 Å². The molecule has 9 aromatic rings. The first kappa shape index (κ1) is 30.8. The van der Waals surface area contributed by atoms with Gasteiger partial charge in [-0.2, -0.15) is 9.97 Å². The van der Waals surface area contributed by atoms with Crippen molar-refractivity contribution in [2.75, 3.05) is 0 Å². The average molecular weight is 712 g/mol. The molecule has 5 heterocycles. The summed E-state index contributed by atoms with van der Waals surface area (Å²) in [5.74, 6) is 1.48. The quantitative estimate of drug-likeness (QED) is 0.177. The molecule has 0 saturated heterocycles. The highest BCUT2D eigenvalue weighted by Gasteiger charge is 2.28. The lowest BCUT2D eigenvalue weighted by Crippen LogP contribution is -2.13. The summed E-state index contributed by atoms with van der Waals surface area (Å²) in [5, 5.41) is 7.77. The average Bonchev–Trinajstić information content (AvgIpc) is 3.83. The molecule has 0 bridgehead atoms. The van der Waals surface area contributed by atoms with Gasteiger partial charge in [-0.3, -0.25) is 19.5 Å². The number of aromatic nitrogens is 6. The van der Waals surface area contributed by atoms with Crippen LogP contribution in [0.15, 0.2) is 169 Å². The van der Waals surface area contributed by atoms with Crippen molar-refractivity contribution in [1.29, 1.82) is 0 Å². The van der Waals surface area contributed by atoms with Gasteiger partial charge in [0.2, 0.25) is 5.95 Å². The molecule has 54 heavy (non-hydrogen) atoms. The standard InChI is InChI=1S/C46H29N7S/c1-3-11-33-29(9-1)23-25-47-41(33)43-50-44(42-34-12-4-2-10-30(34)24-26-48-42)52-46(51-43)53-38-15-7-5-13-35(38)36-27-32(21-22-39(36)53)28-17-19-31(20-18-28)45-49-37-14-6-8-16-40(37)54-45/h1-27,37,40H. The molecular weight excluding hydrogens is 683 g/mol. The lowest BCUT2D eigenvalue weighted by atomic mass is 10.0. The first-order valence-electron chi connectivity index (χ1n) is 17.9. The van der Waals surface area contributed by atoms with Crippen LogP contribution in [0.25, 0.3) is 83.5 Å². The van der Waals surface area contributed by atoms with E-state index in [-0.39, 0.29) is 6.04 Å². The Bertz CT molecular complexity index is 2940. The maximum Gasteiger partial charge on any atom is 0.238 e. The molecule has 2 unspecified atom stereocenters. The number of nitrogens with zero attached hydrogens (tertiary/aromatic N) is 7. The molecule has 2 aliphatic rings. The van der Waals surface area contributed by atoms with Gasteiger partial charge >= 0.3 is 0 Å². The molecule has 1 aliphatic carbocycles. The molecule has 11 rings (SSSR count). The van der Waals surface area contributed by atoms with Gasteiger partial charge in [0.1, 0.15) is 11.4 Å². The Morgan fingerprint density at radius 1 is 0.500 bits per heavy atom. The van der Waals surface area contributed by atoms with Gasteiger partial charge in [-0.1, -0.05) is 133 Å². The van der Waals surface area contributed by atoms with Gasteiger partial charge in [-0.25, -0.2) is 4.98 Å². The van der Waals surface area contributed by atoms with Crippen LogP contribution in [-0.2, 0) is 0 Å². The number of hydrogen-bond donors (Lipinski definition) is 0. The van der Waals surface area contributed by atoms with E-state index in [1.54, 1.807) is 0 Å². The van der Waals surface area contributed by atoms with Crippen LogP contribution in [0.1, 0.15) is 5.56 Å². The highest BCUT2D eigenvalue weighted by Crippen LogP contribution is 2.37. The van der Waals surface area contributed by atoms with Gasteiger partial charge in [0, 0.05) is 39.5 Å². The fourth-order valence-electron chi connectivity index (χ4n) is 7.68. The summed E-state index contributed by atoms with van der Waals surface area (Å²) in [5.41, 5.74) is 6.82. The SMILES string of the molecule is C1=CC2N=C(c3ccc(-c4ccc5c(c4)c4ccccc4n5-c4nc(-c5nccc6ccccc56)nc(-c5nccc6ccccc56)n4)cc3)SC2C=C1. The van der Waals surface area contributed by atoms with E-state index < -0.39 is 0 Å². The summed E-state index contributed by atoms with van der Waals surface area (Å²) in [6, 6.07) is 44.5. The van der Waals surface area contributed by atoms with Gasteiger partial charge in [0.15, 0.2) is 11.6 Å². The van der Waals surface area contributed by atoms with Crippen LogP contribution in [0.4, 0.5) is 0 Å². The molecule has 2 atom stereocenters. The van der Waals surface area contributed by atoms with Crippen molar-refractivity contribution in [3.8, 4) is 40.1 Å². The zero-order valence-electron chi connectivity index (χ0n) is 28.8. The van der Waals surface area contributed by atoms with Crippen molar-refractivity contribution in [3.05, 3.63) is 170 Å². The van der Waals surface area contributed by atoms with Crippen LogP contribution in [-0.4, -0.2) is 45.8 Å². The zero-order valence-corrected chi connectivity index (χ0v) is 29.6. The second kappa shape index (κ2) is 12.4. The minimum atomic E-state index is 0.220. The highest BCUT2D eigenvalue weighted by molar-refractivity contribution is 8.15. The number of aliphatic imine (C=N–C) groups is 1. The molecule has 4 aromatic heterocycles. The summed E-state index contributed by atoms with van der Waals surface area (Å²) in [6.07, 6.45) is 12.3. The molecule has 0 amide bonds. The van der Waals surface area contributed by atoms with Crippen LogP contribution in [0.5, 0.6) is 0 Å². The number of allylic oxidation sites excluding steroid dienone is 2. The molecule has 8 heteroatoms. The second-order valence-corrected chi connectivity index (χ2v) is 14.6. The summed E-state index contributed by atoms with van der Waals surface area (Å²) >= 11 is 1.84. The van der Waals surface area contributed by atoms with Crippen molar-refractivity contribution < 1.29 is 0 Å². The number of rotatable bonds is 5. The minimum Gasteiger partial charge on any atom is -0.278 e. The highest BCUT2D eigenvalue weighted by atomic mass is 32.2. The van der Waals surface area contributed by atoms with Crippen molar-refractivity contribution in [2.24, 2.45) is 4.99 Å². The predicted molar refractivity (Wildman–Crippen MR) is 221 cm³/mol. The number of benzene rings is 5. The Morgan fingerprint density at radius 2 is 1.09 bits per heavy atom. The van der Waals surface area contributed by atoms with Crippen molar-refractivity contribution in [2.45, 2.75) is 11.3 Å². The van der Waals surface area contributed by atoms with E-state index in [4.69, 9.17) is 29.9 Å². The normalized spacial score (nSPS) is 16.4. The molecule has 0 spiro atoms. The third-order valence-electron chi connectivity index (χ3n) is 10.3. The summed E-state index contributed by atoms with van der Waals surface area (Å²) in [4.78, 5) is 30.1. The van der Waals surface area contributed by atoms with Crippen molar-refractivity contribution in [1.82, 2.24) is 29.5 Å². The fourth-order valence-corrected chi connectivity index (χ4v) is 8.86. The number of para-hydroxylation sites is 1. The van der Waals surface area contributed by atoms with Crippen LogP contribution in [0.2, 0.25) is 0 Å². The zero-order chi connectivity index (χ0) is 35.6. The maximum absolute atomic E-state index is 5.19. The van der Waals surface area contributed by atoms with Gasteiger partial charge in [0.05, 0.1) is 27.4 Å². The molecule has 0 fully saturated rings. The fraction of sp³-hybridized carbons (Fsp3) is 0.0435. The topological polar surface area (TPSA) is 81.7 Å². The van der Waals surface area contributed by atoms with Crippen LogP contribution >= 0.6 is 11.8 Å². The van der Waals surface area contributed by atoms with Crippen LogP contribution in [0, 0.1) is 0 Å². The molecule has 0 N–H and O–H groups in total. The van der Waals surface area contributed by atoms with E-state index in [9.17, 15) is 0 Å². The first-order valence-corrected chi connectivity index (χ1v) is 18.8. The second-order valence-electron chi connectivity index (χ2n) is 13.5. The maximum atomic E-state index is 5.19. The predicted octanol–water partition coefficient (Wildman–Crippen LogP) is 10.4. The van der Waals surface area contributed by atoms with E-state index in [0.29, 0.717) is 34.2 Å². The number of pyridine rings is 2. The Labute approximate surface area is 314 Å². The van der Waals surface area contributed by atoms with E-state index in [1.807, 2.05) is 60.6 Å². The molecule has 5 aromatic carbocycles. The number of hydrogen-bond acceptors (Lipinski definition) is 7. The van der Waals surface area contributed by atoms with Gasteiger partial charge in [0.25, 0.3) is 0 Å². The van der Waals surface area contributed by atoms with E-state index in [0.717, 1.165) is 65.1 Å². The molecule has 254 valence electrons. The molecule has 7 nitrogen and oxygen atoms in total. The molecule has 0 radical (unpaired) electrons. The molecule has 1 aliphatic heterocycles. The smallest absolute Gasteiger partial charge is 0.238 e. The van der Waals surface area contributed by atoms with Crippen LogP contribution < -0.4 is 0 Å². The molecule has 0 saturated carbocycles. The third-order valence-corrected chi connectivity index (χ3v) is 11.6. The Kier molecular flexibility index (Phi) is 7.09. The van der Waals surface area contributed by atoms with E-state index in [1.165, 1.54) is 0 Å². The van der Waals surface area contributed by atoms with Crippen LogP contribution in [0.3, 0.4) is 0 Å². The van der Waals surface area contributed by atoms with Gasteiger partial charge < -0.3 is 0 Å². The van der Waals surface area contributed by atoms with Gasteiger partial charge in [-0.15, -0.1) is 0 Å². The molecular formula is C46H29N7S. The number of fused-ring (bicyclic) bond motifs is 6. The minimum absolute atomic E-state index is 0.220. The lowest BCUT2D eigenvalue weighted by Gasteiger charge is -2.12. The third kappa shape index (κ3) is 5.06. The van der Waals surface area contributed by atoms with Gasteiger partial charge in [-0.05, 0) is 52.2 Å². The first-order chi connectivity index (χ1) is 26.7. The Morgan fingerprint density at radius 3 is 1.80 bits per heavy atom. The Balaban J connectivity index is 1.08. The largest absolute Gasteiger partial charge is 0.278 e. The van der Waals surface area contributed by atoms with E-state index >= 15 is 0 Å². The van der Waals surface area contributed by atoms with E-state index in [2.05, 4.69) is 120 Å². The Hall–Kier alpha value is -6.77. The van der Waals surface area contributed by atoms with Crippen molar-refractivity contribution >= 4 is 60.2 Å². The summed E-state index contributed by atoms with van der Waals surface area (Å²) in [7, 11) is 0. The summed E-state index contributed by atoms with van der Waals surface area (Å²) < 4.78 is 2.14. The summed E-state index contributed by atoms with van der Waals surface area (Å²) in [6.45, 7) is 0.